The number of rotatable bonds is 31. The van der Waals surface area contributed by atoms with Gasteiger partial charge in [-0.25, -0.2) is 4.57 Å². The molecule has 0 bridgehead atoms. The van der Waals surface area contributed by atoms with E-state index in [0.717, 1.165) is 44.9 Å². The first-order valence-electron chi connectivity index (χ1n) is 17.9. The van der Waals surface area contributed by atoms with Crippen molar-refractivity contribution in [2.24, 2.45) is 0 Å². The van der Waals surface area contributed by atoms with Crippen molar-refractivity contribution in [3.8, 4) is 0 Å². The van der Waals surface area contributed by atoms with Crippen molar-refractivity contribution in [3.05, 3.63) is 36.5 Å². The van der Waals surface area contributed by atoms with Gasteiger partial charge in [-0.15, -0.1) is 0 Å². The molecule has 0 aromatic carbocycles. The molecule has 0 radical (unpaired) electrons. The SMILES string of the molecule is CCCCCCCCC/C=C/CC/C=C/CC/C=C/C(O)C(COP(=O)(O)OCC[N+](C)(C)C)NC(=O)CCCCCCCC. The van der Waals surface area contributed by atoms with E-state index in [4.69, 9.17) is 9.05 Å². The van der Waals surface area contributed by atoms with Gasteiger partial charge in [0.1, 0.15) is 13.2 Å². The summed E-state index contributed by atoms with van der Waals surface area (Å²) in [4.78, 5) is 22.7. The smallest absolute Gasteiger partial charge is 0.387 e. The van der Waals surface area contributed by atoms with Gasteiger partial charge >= 0.3 is 7.82 Å². The summed E-state index contributed by atoms with van der Waals surface area (Å²) in [6, 6.07) is -0.861. The minimum Gasteiger partial charge on any atom is -0.387 e. The van der Waals surface area contributed by atoms with Gasteiger partial charge in [-0.2, -0.15) is 0 Å². The molecule has 3 N–H and O–H groups in total. The molecule has 0 aromatic heterocycles. The first kappa shape index (κ1) is 43.7. The largest absolute Gasteiger partial charge is 0.472 e. The van der Waals surface area contributed by atoms with Crippen molar-refractivity contribution >= 4 is 13.7 Å². The van der Waals surface area contributed by atoms with Crippen molar-refractivity contribution in [3.63, 3.8) is 0 Å². The van der Waals surface area contributed by atoms with E-state index in [1.54, 1.807) is 6.08 Å². The highest BCUT2D eigenvalue weighted by Crippen LogP contribution is 2.43. The lowest BCUT2D eigenvalue weighted by molar-refractivity contribution is -0.870. The molecule has 0 spiro atoms. The first-order chi connectivity index (χ1) is 21.5. The Balaban J connectivity index is 4.57. The van der Waals surface area contributed by atoms with Gasteiger partial charge in [-0.3, -0.25) is 13.8 Å². The number of nitrogens with zero attached hydrogens (tertiary/aromatic N) is 1. The number of hydrogen-bond donors (Lipinski definition) is 3. The number of aliphatic hydroxyl groups excluding tert-OH is 1. The number of hydrogen-bond acceptors (Lipinski definition) is 5. The highest BCUT2D eigenvalue weighted by molar-refractivity contribution is 7.47. The lowest BCUT2D eigenvalue weighted by atomic mass is 10.1. The zero-order valence-electron chi connectivity index (χ0n) is 29.6. The van der Waals surface area contributed by atoms with Crippen LogP contribution in [0.5, 0.6) is 0 Å². The molecule has 0 aromatic rings. The molecule has 3 atom stereocenters. The third kappa shape index (κ3) is 31.1. The van der Waals surface area contributed by atoms with Crippen LogP contribution in [-0.4, -0.2) is 73.4 Å². The topological polar surface area (TPSA) is 105 Å². The highest BCUT2D eigenvalue weighted by Gasteiger charge is 2.27. The lowest BCUT2D eigenvalue weighted by Gasteiger charge is -2.25. The molecule has 0 aliphatic carbocycles. The number of carbonyl (C=O) groups is 1. The first-order valence-corrected chi connectivity index (χ1v) is 19.4. The number of phosphoric ester groups is 1. The van der Waals surface area contributed by atoms with Crippen LogP contribution in [0.3, 0.4) is 0 Å². The monoisotopic (exact) mass is 657 g/mol. The van der Waals surface area contributed by atoms with E-state index in [1.165, 1.54) is 70.6 Å². The Morgan fingerprint density at radius 3 is 1.78 bits per heavy atom. The average Bonchev–Trinajstić information content (AvgIpc) is 2.97. The third-order valence-corrected chi connectivity index (χ3v) is 8.57. The Hall–Kier alpha value is -1.28. The van der Waals surface area contributed by atoms with E-state index in [-0.39, 0.29) is 19.1 Å². The highest BCUT2D eigenvalue weighted by atomic mass is 31.2. The quantitative estimate of drug-likeness (QED) is 0.0298. The molecule has 0 rings (SSSR count). The summed E-state index contributed by atoms with van der Waals surface area (Å²) >= 11 is 0. The normalized spacial score (nSPS) is 15.3. The molecule has 264 valence electrons. The Morgan fingerprint density at radius 1 is 0.733 bits per heavy atom. The van der Waals surface area contributed by atoms with E-state index in [2.05, 4.69) is 43.5 Å². The lowest BCUT2D eigenvalue weighted by Crippen LogP contribution is -2.45. The summed E-state index contributed by atoms with van der Waals surface area (Å²) in [5, 5.41) is 13.6. The summed E-state index contributed by atoms with van der Waals surface area (Å²) in [6.07, 6.45) is 32.4. The van der Waals surface area contributed by atoms with Crippen LogP contribution in [0.2, 0.25) is 0 Å². The van der Waals surface area contributed by atoms with Crippen molar-refractivity contribution < 1.29 is 32.9 Å². The van der Waals surface area contributed by atoms with Gasteiger partial charge in [-0.05, 0) is 44.9 Å². The Bertz CT molecular complexity index is 840. The van der Waals surface area contributed by atoms with Crippen molar-refractivity contribution in [1.82, 2.24) is 5.32 Å². The minimum atomic E-state index is -4.33. The third-order valence-electron chi connectivity index (χ3n) is 7.59. The van der Waals surface area contributed by atoms with E-state index < -0.39 is 20.0 Å². The molecule has 3 unspecified atom stereocenters. The second-order valence-electron chi connectivity index (χ2n) is 13.2. The molecular formula is C36H70N2O6P+. The van der Waals surface area contributed by atoms with Crippen LogP contribution >= 0.6 is 7.82 Å². The van der Waals surface area contributed by atoms with Gasteiger partial charge in [0.05, 0.1) is 39.9 Å². The molecular weight excluding hydrogens is 587 g/mol. The summed E-state index contributed by atoms with van der Waals surface area (Å²) in [5.74, 6) is -0.204. The van der Waals surface area contributed by atoms with E-state index in [0.29, 0.717) is 17.4 Å². The number of aliphatic hydroxyl groups is 1. The number of nitrogens with one attached hydrogen (secondary N) is 1. The molecule has 0 aliphatic rings. The molecule has 8 nitrogen and oxygen atoms in total. The average molecular weight is 658 g/mol. The van der Waals surface area contributed by atoms with Crippen LogP contribution < -0.4 is 5.32 Å². The number of allylic oxidation sites excluding steroid dienone is 5. The van der Waals surface area contributed by atoms with Gasteiger partial charge < -0.3 is 19.8 Å². The van der Waals surface area contributed by atoms with Crippen LogP contribution in [0, 0.1) is 0 Å². The summed E-state index contributed by atoms with van der Waals surface area (Å²) in [6.45, 7) is 4.67. The fourth-order valence-electron chi connectivity index (χ4n) is 4.66. The van der Waals surface area contributed by atoms with Crippen molar-refractivity contribution in [1.29, 1.82) is 0 Å². The van der Waals surface area contributed by atoms with Crippen LogP contribution in [0.1, 0.15) is 136 Å². The summed E-state index contributed by atoms with van der Waals surface area (Å²) < 4.78 is 23.3. The molecule has 1 amide bonds. The zero-order chi connectivity index (χ0) is 33.7. The van der Waals surface area contributed by atoms with Crippen LogP contribution in [0.25, 0.3) is 0 Å². The second-order valence-corrected chi connectivity index (χ2v) is 14.7. The molecule has 0 saturated heterocycles. The number of amides is 1. The predicted molar refractivity (Wildman–Crippen MR) is 189 cm³/mol. The molecule has 9 heteroatoms. The Morgan fingerprint density at radius 2 is 1.22 bits per heavy atom. The maximum atomic E-state index is 12.6. The molecule has 45 heavy (non-hydrogen) atoms. The van der Waals surface area contributed by atoms with Crippen molar-refractivity contribution in [2.45, 2.75) is 148 Å². The number of likely N-dealkylation sites (N-methyl/N-ethyl adjacent to an activating group) is 1. The molecule has 0 fully saturated rings. The van der Waals surface area contributed by atoms with Gasteiger partial charge in [0, 0.05) is 6.42 Å². The van der Waals surface area contributed by atoms with Gasteiger partial charge in [0.15, 0.2) is 0 Å². The standard InChI is InChI=1S/C36H69N2O6P/c1-6-8-10-12-14-15-16-17-18-19-20-21-22-23-24-25-27-29-35(39)34(37-36(40)30-28-26-13-11-9-7-2)33-44-45(41,42)43-32-31-38(3,4)5/h18-19,22-23,27,29,34-35,39H,6-17,20-21,24-26,28,30-33H2,1-5H3,(H-,37,40,41,42)/p+1/b19-18+,23-22+,29-27+. The van der Waals surface area contributed by atoms with E-state index >= 15 is 0 Å². The van der Waals surface area contributed by atoms with Crippen LogP contribution in [0.15, 0.2) is 36.5 Å². The fraction of sp³-hybridized carbons (Fsp3) is 0.806. The van der Waals surface area contributed by atoms with Gasteiger partial charge in [0.2, 0.25) is 5.91 Å². The van der Waals surface area contributed by atoms with Crippen LogP contribution in [0.4, 0.5) is 0 Å². The van der Waals surface area contributed by atoms with Gasteiger partial charge in [-0.1, -0.05) is 121 Å². The fourth-order valence-corrected chi connectivity index (χ4v) is 5.39. The maximum Gasteiger partial charge on any atom is 0.472 e. The van der Waals surface area contributed by atoms with Crippen molar-refractivity contribution in [2.75, 3.05) is 40.9 Å². The Labute approximate surface area is 276 Å². The summed E-state index contributed by atoms with van der Waals surface area (Å²) in [7, 11) is 1.54. The van der Waals surface area contributed by atoms with E-state index in [9.17, 15) is 19.4 Å². The molecule has 0 aliphatic heterocycles. The zero-order valence-corrected chi connectivity index (χ0v) is 30.5. The summed E-state index contributed by atoms with van der Waals surface area (Å²) in [5.41, 5.74) is 0. The maximum absolute atomic E-state index is 12.6. The van der Waals surface area contributed by atoms with Crippen LogP contribution in [-0.2, 0) is 18.4 Å². The Kier molecular flexibility index (Phi) is 28.1. The molecule has 0 heterocycles. The number of unbranched alkanes of at least 4 members (excludes halogenated alkanes) is 14. The minimum absolute atomic E-state index is 0.0534. The number of carbonyl (C=O) groups excluding carboxylic acids is 1. The molecule has 0 saturated carbocycles. The number of phosphoric acid groups is 1. The second kappa shape index (κ2) is 28.9. The predicted octanol–water partition coefficient (Wildman–Crippen LogP) is 8.79. The number of quaternary nitrogens is 1. The van der Waals surface area contributed by atoms with E-state index in [1.807, 2.05) is 27.2 Å². The van der Waals surface area contributed by atoms with Gasteiger partial charge in [0.25, 0.3) is 0 Å².